The second kappa shape index (κ2) is 12.0. The molecular formula is C50H31N5O. The number of fused-ring (bicyclic) bond motifs is 10. The molecular weight excluding hydrogens is 687 g/mol. The molecule has 0 radical (unpaired) electrons. The van der Waals surface area contributed by atoms with Crippen molar-refractivity contribution in [3.8, 4) is 56.5 Å². The van der Waals surface area contributed by atoms with Crippen molar-refractivity contribution in [1.82, 2.24) is 19.9 Å². The van der Waals surface area contributed by atoms with Crippen LogP contribution in [0.15, 0.2) is 156 Å². The predicted molar refractivity (Wildman–Crippen MR) is 225 cm³/mol. The summed E-state index contributed by atoms with van der Waals surface area (Å²) in [7, 11) is 0. The molecule has 6 heteroatoms. The number of furan rings is 1. The third kappa shape index (κ3) is 4.74. The Balaban J connectivity index is 1.16. The summed E-state index contributed by atoms with van der Waals surface area (Å²) in [5.41, 5.74) is 12.3. The first-order valence-electron chi connectivity index (χ1n) is 18.7. The molecule has 3 aromatic heterocycles. The van der Waals surface area contributed by atoms with E-state index in [4.69, 9.17) is 30.9 Å². The lowest BCUT2D eigenvalue weighted by Crippen LogP contribution is -2.14. The van der Waals surface area contributed by atoms with E-state index in [0.29, 0.717) is 28.7 Å². The summed E-state index contributed by atoms with van der Waals surface area (Å²) < 4.78 is 7.03. The summed E-state index contributed by atoms with van der Waals surface area (Å²) in [5.74, 6) is 1.59. The van der Waals surface area contributed by atoms with Crippen LogP contribution in [-0.4, -0.2) is 19.9 Å². The van der Waals surface area contributed by atoms with Crippen molar-refractivity contribution in [3.05, 3.63) is 174 Å². The van der Waals surface area contributed by atoms with Gasteiger partial charge in [0, 0.05) is 49.0 Å². The van der Waals surface area contributed by atoms with Crippen molar-refractivity contribution >= 4 is 49.3 Å². The Bertz CT molecular complexity index is 3280. The molecule has 262 valence electrons. The number of aromatic nitrogens is 4. The third-order valence-electron chi connectivity index (χ3n) is 11.3. The molecule has 1 aliphatic carbocycles. The number of hydrogen-bond acceptors (Lipinski definition) is 5. The van der Waals surface area contributed by atoms with E-state index in [-0.39, 0.29) is 5.41 Å². The molecule has 3 heterocycles. The van der Waals surface area contributed by atoms with Gasteiger partial charge in [0.25, 0.3) is 0 Å². The minimum atomic E-state index is -0.116. The highest BCUT2D eigenvalue weighted by molar-refractivity contribution is 6.25. The number of rotatable bonds is 4. The van der Waals surface area contributed by atoms with Crippen LogP contribution in [0.5, 0.6) is 0 Å². The summed E-state index contributed by atoms with van der Waals surface area (Å²) in [6.07, 6.45) is 0. The molecule has 0 saturated carbocycles. The monoisotopic (exact) mass is 717 g/mol. The first-order valence-corrected chi connectivity index (χ1v) is 18.7. The lowest BCUT2D eigenvalue weighted by molar-refractivity contribution is 0.660. The molecule has 11 rings (SSSR count). The van der Waals surface area contributed by atoms with Gasteiger partial charge in [-0.3, -0.25) is 0 Å². The quantitative estimate of drug-likeness (QED) is 0.134. The molecule has 10 aromatic rings. The molecule has 0 aliphatic heterocycles. The Morgan fingerprint density at radius 2 is 1.12 bits per heavy atom. The van der Waals surface area contributed by atoms with Gasteiger partial charge in [0.05, 0.1) is 23.3 Å². The molecule has 56 heavy (non-hydrogen) atoms. The number of benzene rings is 7. The van der Waals surface area contributed by atoms with Crippen LogP contribution in [0, 0.1) is 6.57 Å². The standard InChI is InChI=1S/C50H31N5O/c1-50(2)40-18-9-7-14-33(40)39-28-31(22-27-41(39)50)48-53-47(30-20-23-32(51-3)24-21-30)54-49(55-48)38-17-11-16-34-35-25-26-37-43(46(35)56-45(34)38)36-15-8-10-19-42(36)52-44(37)29-12-5-4-6-13-29/h4-28H,1-2H3. The molecule has 0 amide bonds. The van der Waals surface area contributed by atoms with Gasteiger partial charge in [-0.15, -0.1) is 0 Å². The van der Waals surface area contributed by atoms with Gasteiger partial charge < -0.3 is 4.42 Å². The maximum Gasteiger partial charge on any atom is 0.187 e. The van der Waals surface area contributed by atoms with Crippen molar-refractivity contribution in [2.45, 2.75) is 19.3 Å². The normalized spacial score (nSPS) is 12.9. The molecule has 0 bridgehead atoms. The van der Waals surface area contributed by atoms with E-state index < -0.39 is 0 Å². The van der Waals surface area contributed by atoms with E-state index in [1.165, 1.54) is 22.3 Å². The number of nitrogens with zero attached hydrogens (tertiary/aromatic N) is 5. The van der Waals surface area contributed by atoms with Crippen molar-refractivity contribution in [2.75, 3.05) is 0 Å². The number of para-hydroxylation sites is 2. The van der Waals surface area contributed by atoms with Crippen molar-refractivity contribution in [3.63, 3.8) is 0 Å². The average Bonchev–Trinajstić information content (AvgIpc) is 3.75. The van der Waals surface area contributed by atoms with Crippen LogP contribution in [0.4, 0.5) is 5.69 Å². The molecule has 6 nitrogen and oxygen atoms in total. The second-order valence-electron chi connectivity index (χ2n) is 14.9. The fourth-order valence-electron chi connectivity index (χ4n) is 8.58. The molecule has 0 fully saturated rings. The van der Waals surface area contributed by atoms with Gasteiger partial charge in [-0.1, -0.05) is 141 Å². The van der Waals surface area contributed by atoms with Crippen molar-refractivity contribution in [1.29, 1.82) is 0 Å². The predicted octanol–water partition coefficient (Wildman–Crippen LogP) is 13.0. The highest BCUT2D eigenvalue weighted by Crippen LogP contribution is 2.49. The van der Waals surface area contributed by atoms with Gasteiger partial charge in [-0.05, 0) is 46.5 Å². The fourth-order valence-corrected chi connectivity index (χ4v) is 8.58. The van der Waals surface area contributed by atoms with E-state index in [2.05, 4.69) is 110 Å². The van der Waals surface area contributed by atoms with Gasteiger partial charge in [-0.25, -0.2) is 24.8 Å². The molecule has 0 N–H and O–H groups in total. The maximum atomic E-state index is 7.50. The molecule has 0 saturated heterocycles. The summed E-state index contributed by atoms with van der Waals surface area (Å²) >= 11 is 0. The van der Waals surface area contributed by atoms with Crippen LogP contribution in [0.2, 0.25) is 0 Å². The Kier molecular flexibility index (Phi) is 6.86. The van der Waals surface area contributed by atoms with Gasteiger partial charge in [-0.2, -0.15) is 0 Å². The SMILES string of the molecule is [C-]#[N+]c1ccc(-c2nc(-c3ccc4c(c3)-c3ccccc3C4(C)C)nc(-c3cccc4c3oc3c4ccc4c(-c5ccccc5)nc5ccccc5c43)n2)cc1. The molecule has 1 aliphatic rings. The third-order valence-corrected chi connectivity index (χ3v) is 11.3. The molecule has 7 aromatic carbocycles. The highest BCUT2D eigenvalue weighted by atomic mass is 16.3. The van der Waals surface area contributed by atoms with Crippen molar-refractivity contribution < 1.29 is 4.42 Å². The van der Waals surface area contributed by atoms with E-state index >= 15 is 0 Å². The Morgan fingerprint density at radius 3 is 1.96 bits per heavy atom. The van der Waals surface area contributed by atoms with Crippen LogP contribution >= 0.6 is 0 Å². The summed E-state index contributed by atoms with van der Waals surface area (Å²) in [4.78, 5) is 24.1. The Hall–Kier alpha value is -7.49. The summed E-state index contributed by atoms with van der Waals surface area (Å²) in [6, 6.07) is 51.6. The zero-order valence-corrected chi connectivity index (χ0v) is 30.6. The van der Waals surface area contributed by atoms with E-state index in [0.717, 1.165) is 66.0 Å². The minimum Gasteiger partial charge on any atom is -0.455 e. The number of pyridine rings is 1. The van der Waals surface area contributed by atoms with Crippen molar-refractivity contribution in [2.24, 2.45) is 0 Å². The zero-order valence-electron chi connectivity index (χ0n) is 30.6. The lowest BCUT2D eigenvalue weighted by Gasteiger charge is -2.21. The van der Waals surface area contributed by atoms with Crippen LogP contribution in [0.3, 0.4) is 0 Å². The van der Waals surface area contributed by atoms with E-state index in [9.17, 15) is 0 Å². The Labute approximate surface area is 322 Å². The lowest BCUT2D eigenvalue weighted by atomic mass is 9.82. The largest absolute Gasteiger partial charge is 0.455 e. The maximum absolute atomic E-state index is 7.50. The summed E-state index contributed by atoms with van der Waals surface area (Å²) in [5, 5.41) is 5.06. The minimum absolute atomic E-state index is 0.116. The van der Waals surface area contributed by atoms with Crippen LogP contribution < -0.4 is 0 Å². The zero-order chi connectivity index (χ0) is 37.5. The van der Waals surface area contributed by atoms with E-state index in [1.54, 1.807) is 12.1 Å². The van der Waals surface area contributed by atoms with E-state index in [1.807, 2.05) is 48.5 Å². The average molecular weight is 718 g/mol. The van der Waals surface area contributed by atoms with Gasteiger partial charge in [0.1, 0.15) is 11.2 Å². The van der Waals surface area contributed by atoms with Crippen LogP contribution in [0.1, 0.15) is 25.0 Å². The fraction of sp³-hybridized carbons (Fsp3) is 0.0600. The first-order chi connectivity index (χ1) is 27.5. The molecule has 0 spiro atoms. The smallest absolute Gasteiger partial charge is 0.187 e. The first kappa shape index (κ1) is 32.0. The Morgan fingerprint density at radius 1 is 0.482 bits per heavy atom. The van der Waals surface area contributed by atoms with Crippen LogP contribution in [-0.2, 0) is 5.41 Å². The molecule has 0 atom stereocenters. The highest BCUT2D eigenvalue weighted by Gasteiger charge is 2.35. The summed E-state index contributed by atoms with van der Waals surface area (Å²) in [6.45, 7) is 12.1. The number of hydrogen-bond donors (Lipinski definition) is 0. The second-order valence-corrected chi connectivity index (χ2v) is 14.9. The van der Waals surface area contributed by atoms with Gasteiger partial charge in [0.15, 0.2) is 23.2 Å². The van der Waals surface area contributed by atoms with Gasteiger partial charge >= 0.3 is 0 Å². The van der Waals surface area contributed by atoms with Gasteiger partial charge in [0.2, 0.25) is 0 Å². The molecule has 0 unspecified atom stereocenters. The van der Waals surface area contributed by atoms with Crippen LogP contribution in [0.25, 0.3) is 105 Å². The topological polar surface area (TPSA) is 69.1 Å².